The lowest BCUT2D eigenvalue weighted by Gasteiger charge is -2.24. The van der Waals surface area contributed by atoms with E-state index in [1.807, 2.05) is 21.1 Å². The smallest absolute Gasteiger partial charge is 0.462 e. The van der Waals surface area contributed by atoms with Crippen molar-refractivity contribution in [3.8, 4) is 0 Å². The summed E-state index contributed by atoms with van der Waals surface area (Å²) in [6, 6.07) is 0. The molecule has 0 fully saturated rings. The number of allylic oxidation sites excluding steroid dienone is 6. The normalized spacial score (nSPS) is 13.1. The topological polar surface area (TPSA) is 108 Å². The number of phosphoric acid groups is 1. The van der Waals surface area contributed by atoms with Gasteiger partial charge in [0.2, 0.25) is 0 Å². The number of unbranched alkanes of at least 4 members (excludes halogenated alkanes) is 59. The molecule has 0 bridgehead atoms. The minimum Gasteiger partial charge on any atom is -0.462 e. The first-order valence-electron chi connectivity index (χ1n) is 41.7. The molecule has 0 spiro atoms. The Morgan fingerprint density at radius 3 is 0.851 bits per heavy atom. The largest absolute Gasteiger partial charge is 0.472 e. The van der Waals surface area contributed by atoms with Crippen LogP contribution < -0.4 is 0 Å². The van der Waals surface area contributed by atoms with Gasteiger partial charge in [0.15, 0.2) is 6.10 Å². The van der Waals surface area contributed by atoms with E-state index in [1.54, 1.807) is 0 Å². The number of hydrogen-bond donors (Lipinski definition) is 1. The lowest BCUT2D eigenvalue weighted by atomic mass is 10.0. The van der Waals surface area contributed by atoms with E-state index in [4.69, 9.17) is 18.5 Å². The molecule has 556 valence electrons. The summed E-state index contributed by atoms with van der Waals surface area (Å²) in [4.78, 5) is 36.0. The zero-order valence-corrected chi connectivity index (χ0v) is 64.6. The van der Waals surface area contributed by atoms with Gasteiger partial charge in [-0.3, -0.25) is 18.6 Å². The van der Waals surface area contributed by atoms with E-state index in [-0.39, 0.29) is 25.6 Å². The highest BCUT2D eigenvalue weighted by Gasteiger charge is 2.27. The molecule has 94 heavy (non-hydrogen) atoms. The van der Waals surface area contributed by atoms with Crippen molar-refractivity contribution >= 4 is 19.8 Å². The van der Waals surface area contributed by atoms with Crippen LogP contribution in [0.4, 0.5) is 0 Å². The number of rotatable bonds is 79. The zero-order valence-electron chi connectivity index (χ0n) is 63.7. The van der Waals surface area contributed by atoms with Gasteiger partial charge in [0.1, 0.15) is 19.8 Å². The fraction of sp³-hybridized carbons (Fsp3) is 0.905. The van der Waals surface area contributed by atoms with Crippen LogP contribution in [0.25, 0.3) is 0 Å². The molecule has 9 nitrogen and oxygen atoms in total. The maximum atomic E-state index is 12.9. The van der Waals surface area contributed by atoms with Crippen LogP contribution in [-0.2, 0) is 32.7 Å². The van der Waals surface area contributed by atoms with Crippen LogP contribution in [0.5, 0.6) is 0 Å². The van der Waals surface area contributed by atoms with Crippen molar-refractivity contribution in [2.45, 2.75) is 444 Å². The maximum absolute atomic E-state index is 12.9. The van der Waals surface area contributed by atoms with Crippen LogP contribution in [0.2, 0.25) is 0 Å². The van der Waals surface area contributed by atoms with Crippen molar-refractivity contribution < 1.29 is 42.1 Å². The first-order chi connectivity index (χ1) is 46.0. The molecule has 0 rings (SSSR count). The van der Waals surface area contributed by atoms with E-state index in [2.05, 4.69) is 50.3 Å². The first-order valence-corrected chi connectivity index (χ1v) is 43.2. The van der Waals surface area contributed by atoms with Crippen molar-refractivity contribution in [1.82, 2.24) is 0 Å². The third kappa shape index (κ3) is 79.2. The number of hydrogen-bond acceptors (Lipinski definition) is 7. The third-order valence-corrected chi connectivity index (χ3v) is 20.2. The Balaban J connectivity index is 3.88. The number of likely N-dealkylation sites (N-methyl/N-ethyl adjacent to an activating group) is 1. The second-order valence-electron chi connectivity index (χ2n) is 29.9. The van der Waals surface area contributed by atoms with Gasteiger partial charge in [0, 0.05) is 12.8 Å². The predicted molar refractivity (Wildman–Crippen MR) is 409 cm³/mol. The van der Waals surface area contributed by atoms with Gasteiger partial charge in [-0.25, -0.2) is 4.57 Å². The highest BCUT2D eigenvalue weighted by molar-refractivity contribution is 7.47. The number of carbonyl (C=O) groups excluding carboxylic acids is 2. The zero-order chi connectivity index (χ0) is 68.3. The summed E-state index contributed by atoms with van der Waals surface area (Å²) in [5.74, 6) is -0.768. The Morgan fingerprint density at radius 1 is 0.330 bits per heavy atom. The van der Waals surface area contributed by atoms with E-state index < -0.39 is 26.5 Å². The fourth-order valence-corrected chi connectivity index (χ4v) is 13.5. The Bertz CT molecular complexity index is 1680. The number of esters is 2. The molecule has 0 saturated carbocycles. The summed E-state index contributed by atoms with van der Waals surface area (Å²) in [6.07, 6.45) is 98.9. The highest BCUT2D eigenvalue weighted by atomic mass is 31.2. The molecular formula is C84H163NO8P+. The van der Waals surface area contributed by atoms with Gasteiger partial charge in [-0.2, -0.15) is 0 Å². The molecule has 10 heteroatoms. The minimum absolute atomic E-state index is 0.0359. The molecule has 1 N–H and O–H groups in total. The number of phosphoric ester groups is 1. The molecule has 0 aromatic heterocycles. The molecule has 2 unspecified atom stereocenters. The number of nitrogens with zero attached hydrogens (tertiary/aromatic N) is 1. The average molecular weight is 1350 g/mol. The van der Waals surface area contributed by atoms with Gasteiger partial charge in [-0.15, -0.1) is 0 Å². The fourth-order valence-electron chi connectivity index (χ4n) is 12.8. The Labute approximate surface area is 586 Å². The predicted octanol–water partition coefficient (Wildman–Crippen LogP) is 27.7. The van der Waals surface area contributed by atoms with E-state index in [0.29, 0.717) is 23.9 Å². The van der Waals surface area contributed by atoms with Gasteiger partial charge in [0.25, 0.3) is 0 Å². The molecule has 0 amide bonds. The maximum Gasteiger partial charge on any atom is 0.472 e. The molecule has 0 aliphatic carbocycles. The van der Waals surface area contributed by atoms with Crippen LogP contribution in [-0.4, -0.2) is 74.9 Å². The van der Waals surface area contributed by atoms with Gasteiger partial charge < -0.3 is 18.9 Å². The Kier molecular flexibility index (Phi) is 74.0. The Hall–Kier alpha value is -1.77. The van der Waals surface area contributed by atoms with E-state index in [9.17, 15) is 19.0 Å². The standard InChI is InChI=1S/C84H162NO8P/c1-6-8-10-12-14-16-18-20-22-24-26-28-30-32-34-36-38-39-40-41-42-43-44-45-47-49-51-53-55-57-59-61-63-65-67-69-71-73-75-77-84(87)93-82(81-92-94(88,89)91-79-78-85(3,4)5)80-90-83(86)76-74-72-70-68-66-64-62-60-58-56-54-52-50-48-46-37-35-33-31-29-27-25-23-21-19-17-15-13-11-9-7-2/h18,20,24,26,30,32,82H,6-17,19,21-23,25,27-29,31,33-81H2,1-5H3/p+1/b20-18-,26-24-,32-30-. The van der Waals surface area contributed by atoms with Crippen LogP contribution in [0.1, 0.15) is 438 Å². The lowest BCUT2D eigenvalue weighted by Crippen LogP contribution is -2.37. The van der Waals surface area contributed by atoms with Crippen molar-refractivity contribution in [1.29, 1.82) is 0 Å². The molecule has 0 aromatic rings. The lowest BCUT2D eigenvalue weighted by molar-refractivity contribution is -0.870. The second kappa shape index (κ2) is 75.4. The van der Waals surface area contributed by atoms with Crippen LogP contribution >= 0.6 is 7.82 Å². The molecule has 2 atom stereocenters. The summed E-state index contributed by atoms with van der Waals surface area (Å²) in [5.41, 5.74) is 0. The van der Waals surface area contributed by atoms with Crippen molar-refractivity contribution in [2.24, 2.45) is 0 Å². The molecular weight excluding hydrogens is 1180 g/mol. The monoisotopic (exact) mass is 1350 g/mol. The number of quaternary nitrogens is 1. The van der Waals surface area contributed by atoms with Crippen molar-refractivity contribution in [3.05, 3.63) is 36.5 Å². The minimum atomic E-state index is -4.39. The van der Waals surface area contributed by atoms with Crippen molar-refractivity contribution in [2.75, 3.05) is 47.5 Å². The SMILES string of the molecule is CCCCCCC/C=C\C/C=C\C/C=C\CCCCCCCCCCCCCCCCCCCCCCCCCCC(=O)OC(COC(=O)CCCCCCCCCCCCCCCCCCCCCCCCCCCCCCCCC)COP(=O)(O)OCC[N+](C)(C)C. The van der Waals surface area contributed by atoms with Crippen LogP contribution in [0.15, 0.2) is 36.5 Å². The molecule has 0 saturated heterocycles. The van der Waals surface area contributed by atoms with E-state index in [0.717, 1.165) is 44.9 Å². The van der Waals surface area contributed by atoms with Gasteiger partial charge in [-0.05, 0) is 51.4 Å². The summed E-state index contributed by atoms with van der Waals surface area (Å²) < 4.78 is 34.9. The van der Waals surface area contributed by atoms with Gasteiger partial charge >= 0.3 is 19.8 Å². The number of ether oxygens (including phenoxy) is 2. The van der Waals surface area contributed by atoms with E-state index in [1.165, 1.54) is 360 Å². The number of carbonyl (C=O) groups is 2. The summed E-state index contributed by atoms with van der Waals surface area (Å²) in [6.45, 7) is 4.51. The third-order valence-electron chi connectivity index (χ3n) is 19.2. The average Bonchev–Trinajstić information content (AvgIpc) is 1.56. The molecule has 0 radical (unpaired) electrons. The molecule has 0 aromatic carbocycles. The van der Waals surface area contributed by atoms with Crippen LogP contribution in [0.3, 0.4) is 0 Å². The molecule has 0 aliphatic heterocycles. The van der Waals surface area contributed by atoms with Crippen molar-refractivity contribution in [3.63, 3.8) is 0 Å². The summed E-state index contributed by atoms with van der Waals surface area (Å²) >= 11 is 0. The quantitative estimate of drug-likeness (QED) is 0.0211. The van der Waals surface area contributed by atoms with E-state index >= 15 is 0 Å². The summed E-state index contributed by atoms with van der Waals surface area (Å²) in [7, 11) is 1.51. The molecule has 0 heterocycles. The van der Waals surface area contributed by atoms with Crippen LogP contribution in [0, 0.1) is 0 Å². The second-order valence-corrected chi connectivity index (χ2v) is 31.3. The van der Waals surface area contributed by atoms with Gasteiger partial charge in [-0.1, -0.05) is 410 Å². The summed E-state index contributed by atoms with van der Waals surface area (Å²) in [5, 5.41) is 0. The highest BCUT2D eigenvalue weighted by Crippen LogP contribution is 2.43. The van der Waals surface area contributed by atoms with Gasteiger partial charge in [0.05, 0.1) is 27.7 Å². The Morgan fingerprint density at radius 2 is 0.574 bits per heavy atom. The first kappa shape index (κ1) is 92.2. The molecule has 0 aliphatic rings.